The van der Waals surface area contributed by atoms with Gasteiger partial charge >= 0.3 is 6.18 Å². The number of aliphatic hydroxyl groups excluding tert-OH is 2. The second-order valence-electron chi connectivity index (χ2n) is 10.4. The molecule has 184 valence electrons. The van der Waals surface area contributed by atoms with Crippen LogP contribution in [0.5, 0.6) is 5.75 Å². The van der Waals surface area contributed by atoms with E-state index in [0.717, 1.165) is 54.5 Å². The van der Waals surface area contributed by atoms with Gasteiger partial charge in [-0.05, 0) is 91.5 Å². The summed E-state index contributed by atoms with van der Waals surface area (Å²) in [5.74, 6) is 0.649. The first kappa shape index (κ1) is 24.8. The van der Waals surface area contributed by atoms with E-state index in [-0.39, 0.29) is 5.92 Å². The predicted octanol–water partition coefficient (Wildman–Crippen LogP) is 7.46. The molecule has 2 aromatic rings. The first-order valence-corrected chi connectivity index (χ1v) is 12.0. The maximum absolute atomic E-state index is 13.1. The monoisotopic (exact) mass is 474 g/mol. The Morgan fingerprint density at radius 2 is 1.76 bits per heavy atom. The number of hydrogen-bond donors (Lipinski definition) is 2. The highest BCUT2D eigenvalue weighted by Crippen LogP contribution is 2.50. The number of ether oxygens (including phenoxy) is 1. The Bertz CT molecular complexity index is 1080. The summed E-state index contributed by atoms with van der Waals surface area (Å²) in [6.07, 6.45) is 0.0516. The van der Waals surface area contributed by atoms with Gasteiger partial charge in [0, 0.05) is 12.0 Å². The molecular weight excluding hydrogens is 441 g/mol. The minimum Gasteiger partial charge on any atom is -0.487 e. The molecule has 2 atom stereocenters. The minimum atomic E-state index is -4.44. The zero-order valence-corrected chi connectivity index (χ0v) is 20.2. The smallest absolute Gasteiger partial charge is 0.416 e. The van der Waals surface area contributed by atoms with E-state index in [0.29, 0.717) is 28.9 Å². The Hall–Kier alpha value is -2.31. The molecule has 0 aromatic heterocycles. The van der Waals surface area contributed by atoms with Crippen LogP contribution in [-0.4, -0.2) is 15.8 Å². The van der Waals surface area contributed by atoms with Crippen LogP contribution >= 0.6 is 0 Å². The van der Waals surface area contributed by atoms with Crippen LogP contribution in [0.15, 0.2) is 36.4 Å². The van der Waals surface area contributed by atoms with Gasteiger partial charge in [0.25, 0.3) is 0 Å². The Kier molecular flexibility index (Phi) is 6.60. The summed E-state index contributed by atoms with van der Waals surface area (Å²) in [4.78, 5) is 0. The van der Waals surface area contributed by atoms with Crippen molar-refractivity contribution in [3.8, 4) is 5.75 Å². The summed E-state index contributed by atoms with van der Waals surface area (Å²) >= 11 is 0. The number of halogens is 3. The summed E-state index contributed by atoms with van der Waals surface area (Å²) in [6, 6.07) is 6.59. The van der Waals surface area contributed by atoms with Crippen LogP contribution in [0, 0.1) is 0 Å². The molecule has 34 heavy (non-hydrogen) atoms. The maximum atomic E-state index is 13.1. The van der Waals surface area contributed by atoms with Crippen LogP contribution in [-0.2, 0) is 6.18 Å². The van der Waals surface area contributed by atoms with Crippen LogP contribution in [0.4, 0.5) is 13.2 Å². The lowest BCUT2D eigenvalue weighted by Crippen LogP contribution is -2.36. The van der Waals surface area contributed by atoms with Crippen molar-refractivity contribution in [2.45, 2.75) is 89.7 Å². The van der Waals surface area contributed by atoms with Crippen molar-refractivity contribution < 1.29 is 28.1 Å². The molecule has 1 heterocycles. The molecule has 0 radical (unpaired) electrons. The van der Waals surface area contributed by atoms with Crippen molar-refractivity contribution in [3.05, 3.63) is 69.8 Å². The Labute approximate surface area is 199 Å². The lowest BCUT2D eigenvalue weighted by Gasteiger charge is -2.39. The highest BCUT2D eigenvalue weighted by Gasteiger charge is 2.38. The number of rotatable bonds is 4. The van der Waals surface area contributed by atoms with Gasteiger partial charge in [-0.15, -0.1) is 0 Å². The molecule has 3 nitrogen and oxygen atoms in total. The molecule has 6 heteroatoms. The van der Waals surface area contributed by atoms with E-state index in [4.69, 9.17) is 4.74 Å². The number of allylic oxidation sites excluding steroid dienone is 2. The third-order valence-electron chi connectivity index (χ3n) is 6.87. The second kappa shape index (κ2) is 9.04. The number of hydrogen-bond acceptors (Lipinski definition) is 3. The second-order valence-corrected chi connectivity index (χ2v) is 10.4. The van der Waals surface area contributed by atoms with Gasteiger partial charge in [0.15, 0.2) is 0 Å². The van der Waals surface area contributed by atoms with Crippen LogP contribution < -0.4 is 4.74 Å². The van der Waals surface area contributed by atoms with Crippen molar-refractivity contribution in [2.24, 2.45) is 0 Å². The molecular formula is C28H33F3O3. The van der Waals surface area contributed by atoms with Crippen LogP contribution in [0.2, 0.25) is 0 Å². The van der Waals surface area contributed by atoms with Crippen LogP contribution in [0.25, 0.3) is 5.57 Å². The van der Waals surface area contributed by atoms with Crippen LogP contribution in [0.3, 0.4) is 0 Å². The first-order chi connectivity index (χ1) is 15.9. The van der Waals surface area contributed by atoms with Gasteiger partial charge < -0.3 is 14.9 Å². The highest BCUT2D eigenvalue weighted by atomic mass is 19.4. The van der Waals surface area contributed by atoms with E-state index in [1.54, 1.807) is 0 Å². The van der Waals surface area contributed by atoms with Gasteiger partial charge in [0.05, 0.1) is 11.7 Å². The number of alkyl halides is 3. The standard InChI is InChI=1S/C28H33F3O3/c1-16(2)20-14-22-25(21(32)15-27(3,4)34-22)23(17-8-6-5-7-9-17)24(20)26(33)18-10-12-19(13-11-18)28(29,30)31/h8,10-14,16,21,26,32-33H,5-7,9,15H2,1-4H3/t21?,26-/m0/s1. The third-order valence-corrected chi connectivity index (χ3v) is 6.87. The lowest BCUT2D eigenvalue weighted by molar-refractivity contribution is -0.137. The molecule has 2 aliphatic rings. The Balaban J connectivity index is 1.95. The summed E-state index contributed by atoms with van der Waals surface area (Å²) in [6.45, 7) is 7.93. The fourth-order valence-electron chi connectivity index (χ4n) is 5.24. The average molecular weight is 475 g/mol. The van der Waals surface area contributed by atoms with E-state index in [1.165, 1.54) is 12.1 Å². The fraction of sp³-hybridized carbons (Fsp3) is 0.500. The maximum Gasteiger partial charge on any atom is 0.416 e. The van der Waals surface area contributed by atoms with E-state index in [2.05, 4.69) is 6.08 Å². The Morgan fingerprint density at radius 1 is 1.09 bits per heavy atom. The lowest BCUT2D eigenvalue weighted by atomic mass is 9.76. The summed E-state index contributed by atoms with van der Waals surface area (Å²) in [5, 5.41) is 22.8. The van der Waals surface area contributed by atoms with Crippen molar-refractivity contribution in [2.75, 3.05) is 0 Å². The molecule has 0 bridgehead atoms. The van der Waals surface area contributed by atoms with Gasteiger partial charge in [-0.25, -0.2) is 0 Å². The summed E-state index contributed by atoms with van der Waals surface area (Å²) < 4.78 is 45.6. The van der Waals surface area contributed by atoms with Crippen molar-refractivity contribution in [1.29, 1.82) is 0 Å². The van der Waals surface area contributed by atoms with Crippen molar-refractivity contribution >= 4 is 5.57 Å². The molecule has 0 amide bonds. The van der Waals surface area contributed by atoms with E-state index >= 15 is 0 Å². The highest BCUT2D eigenvalue weighted by molar-refractivity contribution is 5.77. The molecule has 0 saturated carbocycles. The number of benzene rings is 2. The van der Waals surface area contributed by atoms with Crippen molar-refractivity contribution in [1.82, 2.24) is 0 Å². The predicted molar refractivity (Wildman–Crippen MR) is 127 cm³/mol. The molecule has 0 spiro atoms. The molecule has 1 aliphatic carbocycles. The van der Waals surface area contributed by atoms with Gasteiger partial charge in [0.2, 0.25) is 0 Å². The third kappa shape index (κ3) is 4.76. The zero-order valence-electron chi connectivity index (χ0n) is 20.2. The van der Waals surface area contributed by atoms with E-state index in [1.807, 2.05) is 33.8 Å². The fourth-order valence-corrected chi connectivity index (χ4v) is 5.24. The topological polar surface area (TPSA) is 49.7 Å². The van der Waals surface area contributed by atoms with E-state index in [9.17, 15) is 23.4 Å². The average Bonchev–Trinajstić information content (AvgIpc) is 2.76. The molecule has 1 aliphatic heterocycles. The zero-order chi connectivity index (χ0) is 24.8. The van der Waals surface area contributed by atoms with Gasteiger partial charge in [-0.2, -0.15) is 13.2 Å². The molecule has 4 rings (SSSR count). The molecule has 2 aromatic carbocycles. The summed E-state index contributed by atoms with van der Waals surface area (Å²) in [5.41, 5.74) is 3.18. The molecule has 0 saturated heterocycles. The minimum absolute atomic E-state index is 0.0260. The van der Waals surface area contributed by atoms with Gasteiger partial charge in [-0.3, -0.25) is 0 Å². The normalized spacial score (nSPS) is 21.0. The number of aliphatic hydroxyl groups is 2. The van der Waals surface area contributed by atoms with Gasteiger partial charge in [0.1, 0.15) is 17.5 Å². The molecule has 2 N–H and O–H groups in total. The molecule has 0 fully saturated rings. The largest absolute Gasteiger partial charge is 0.487 e. The number of fused-ring (bicyclic) bond motifs is 1. The Morgan fingerprint density at radius 3 is 2.32 bits per heavy atom. The van der Waals surface area contributed by atoms with Crippen molar-refractivity contribution in [3.63, 3.8) is 0 Å². The SMILES string of the molecule is CC(C)c1cc2c(c(C3=CCCCC3)c1[C@@H](O)c1ccc(C(F)(F)F)cc1)C(O)CC(C)(C)O2. The summed E-state index contributed by atoms with van der Waals surface area (Å²) in [7, 11) is 0. The first-order valence-electron chi connectivity index (χ1n) is 12.0. The van der Waals surface area contributed by atoms with Crippen LogP contribution in [0.1, 0.15) is 111 Å². The van der Waals surface area contributed by atoms with Gasteiger partial charge in [-0.1, -0.05) is 32.1 Å². The van der Waals surface area contributed by atoms with E-state index < -0.39 is 29.5 Å². The molecule has 1 unspecified atom stereocenters. The quantitative estimate of drug-likeness (QED) is 0.483.